The first kappa shape index (κ1) is 24.1. The lowest BCUT2D eigenvalue weighted by Gasteiger charge is -2.27. The summed E-state index contributed by atoms with van der Waals surface area (Å²) in [6.07, 6.45) is 0. The van der Waals surface area contributed by atoms with Gasteiger partial charge in [-0.15, -0.1) is 0 Å². The molecular weight excluding hydrogens is 442 g/mol. The topological polar surface area (TPSA) is 76.1 Å². The molecule has 1 atom stereocenters. The van der Waals surface area contributed by atoms with Crippen LogP contribution in [0, 0.1) is 6.92 Å². The third-order valence-corrected chi connectivity index (χ3v) is 6.38. The summed E-state index contributed by atoms with van der Waals surface area (Å²) < 4.78 is 10.8. The van der Waals surface area contributed by atoms with Crippen LogP contribution in [0.25, 0.3) is 5.76 Å². The van der Waals surface area contributed by atoms with Crippen molar-refractivity contribution in [3.8, 4) is 11.5 Å². The molecule has 0 radical (unpaired) electrons. The van der Waals surface area contributed by atoms with E-state index in [1.165, 1.54) is 4.90 Å². The summed E-state index contributed by atoms with van der Waals surface area (Å²) >= 11 is 0. The van der Waals surface area contributed by atoms with Crippen molar-refractivity contribution >= 4 is 23.1 Å². The maximum Gasteiger partial charge on any atom is 0.300 e. The highest BCUT2D eigenvalue weighted by atomic mass is 16.5. The molecule has 6 nitrogen and oxygen atoms in total. The van der Waals surface area contributed by atoms with Crippen LogP contribution in [0.15, 0.2) is 72.3 Å². The highest BCUT2D eigenvalue weighted by molar-refractivity contribution is 6.51. The molecule has 1 amide bonds. The number of carbonyl (C=O) groups excluding carboxylic acids is 2. The smallest absolute Gasteiger partial charge is 0.300 e. The first-order chi connectivity index (χ1) is 16.8. The van der Waals surface area contributed by atoms with Gasteiger partial charge >= 0.3 is 0 Å². The van der Waals surface area contributed by atoms with Crippen LogP contribution in [-0.4, -0.2) is 31.0 Å². The second-order valence-electron chi connectivity index (χ2n) is 8.84. The summed E-state index contributed by atoms with van der Waals surface area (Å²) in [5.41, 5.74) is 3.55. The molecule has 1 unspecified atom stereocenters. The average Bonchev–Trinajstić information content (AvgIpc) is 3.13. The standard InChI is InChI=1S/C29H29NO5/c1-17(2)22-16-20(12-15-24(22)35-5)27(31)25-26(19-10-13-21(34-4)14-11-19)30(29(33)28(25)32)23-9-7-6-8-18(23)3/h6-17,26,31H,1-5H3/b27-25-. The largest absolute Gasteiger partial charge is 0.507 e. The number of amides is 1. The first-order valence-corrected chi connectivity index (χ1v) is 11.5. The Kier molecular flexibility index (Phi) is 6.65. The van der Waals surface area contributed by atoms with Crippen LogP contribution in [-0.2, 0) is 9.59 Å². The predicted octanol–water partition coefficient (Wildman–Crippen LogP) is 5.76. The van der Waals surface area contributed by atoms with E-state index in [0.29, 0.717) is 28.3 Å². The number of para-hydroxylation sites is 1. The number of anilines is 1. The van der Waals surface area contributed by atoms with Crippen molar-refractivity contribution < 1.29 is 24.2 Å². The minimum absolute atomic E-state index is 0.0447. The Labute approximate surface area is 205 Å². The monoisotopic (exact) mass is 471 g/mol. The SMILES string of the molecule is COc1ccc(C2/C(=C(/O)c3ccc(OC)c(C(C)C)c3)C(=O)C(=O)N2c2ccccc2C)cc1. The fourth-order valence-corrected chi connectivity index (χ4v) is 4.50. The number of aliphatic hydroxyl groups is 1. The van der Waals surface area contributed by atoms with Gasteiger partial charge in [-0.1, -0.05) is 44.2 Å². The van der Waals surface area contributed by atoms with Crippen LogP contribution in [0.4, 0.5) is 5.69 Å². The lowest BCUT2D eigenvalue weighted by molar-refractivity contribution is -0.132. The number of ketones is 1. The molecule has 1 heterocycles. The van der Waals surface area contributed by atoms with Gasteiger partial charge in [-0.3, -0.25) is 14.5 Å². The van der Waals surface area contributed by atoms with Gasteiger partial charge < -0.3 is 14.6 Å². The molecule has 1 saturated heterocycles. The molecule has 3 aromatic rings. The van der Waals surface area contributed by atoms with Crippen LogP contribution >= 0.6 is 0 Å². The van der Waals surface area contributed by atoms with Gasteiger partial charge in [-0.25, -0.2) is 0 Å². The highest BCUT2D eigenvalue weighted by Crippen LogP contribution is 2.43. The van der Waals surface area contributed by atoms with Crippen molar-refractivity contribution in [3.05, 3.63) is 94.6 Å². The molecule has 1 N–H and O–H groups in total. The molecule has 180 valence electrons. The molecule has 0 spiro atoms. The van der Waals surface area contributed by atoms with Crippen molar-refractivity contribution in [2.75, 3.05) is 19.1 Å². The number of aryl methyl sites for hydroxylation is 1. The number of carbonyl (C=O) groups is 2. The van der Waals surface area contributed by atoms with E-state index < -0.39 is 17.7 Å². The molecule has 1 fully saturated rings. The third kappa shape index (κ3) is 4.28. The number of hydrogen-bond acceptors (Lipinski definition) is 5. The van der Waals surface area contributed by atoms with Crippen molar-refractivity contribution in [2.45, 2.75) is 32.7 Å². The molecule has 1 aliphatic heterocycles. The maximum atomic E-state index is 13.4. The second kappa shape index (κ2) is 9.66. The van der Waals surface area contributed by atoms with Gasteiger partial charge in [0.1, 0.15) is 17.3 Å². The summed E-state index contributed by atoms with van der Waals surface area (Å²) in [7, 11) is 3.17. The van der Waals surface area contributed by atoms with Crippen molar-refractivity contribution in [2.24, 2.45) is 0 Å². The van der Waals surface area contributed by atoms with E-state index in [1.807, 2.05) is 57.2 Å². The number of nitrogens with zero attached hydrogens (tertiary/aromatic N) is 1. The van der Waals surface area contributed by atoms with Crippen molar-refractivity contribution in [1.82, 2.24) is 0 Å². The number of ether oxygens (including phenoxy) is 2. The number of aliphatic hydroxyl groups excluding tert-OH is 1. The summed E-state index contributed by atoms with van der Waals surface area (Å²) in [5, 5.41) is 11.5. The Morgan fingerprint density at radius 3 is 2.23 bits per heavy atom. The molecule has 4 rings (SSSR count). The minimum atomic E-state index is -0.799. The van der Waals surface area contributed by atoms with Gasteiger partial charge in [0.25, 0.3) is 11.7 Å². The van der Waals surface area contributed by atoms with Gasteiger partial charge in [0.2, 0.25) is 0 Å². The predicted molar refractivity (Wildman–Crippen MR) is 136 cm³/mol. The molecule has 0 bridgehead atoms. The Morgan fingerprint density at radius 1 is 0.943 bits per heavy atom. The summed E-state index contributed by atoms with van der Waals surface area (Å²) in [6, 6.07) is 19.0. The van der Waals surface area contributed by atoms with Gasteiger partial charge in [-0.05, 0) is 65.9 Å². The van der Waals surface area contributed by atoms with E-state index in [-0.39, 0.29) is 17.3 Å². The number of hydrogen-bond donors (Lipinski definition) is 1. The number of rotatable bonds is 6. The first-order valence-electron chi connectivity index (χ1n) is 11.5. The van der Waals surface area contributed by atoms with Gasteiger partial charge in [-0.2, -0.15) is 0 Å². The molecule has 1 aliphatic rings. The van der Waals surface area contributed by atoms with Gasteiger partial charge in [0, 0.05) is 11.3 Å². The summed E-state index contributed by atoms with van der Waals surface area (Å²) in [4.78, 5) is 28.2. The van der Waals surface area contributed by atoms with E-state index in [1.54, 1.807) is 44.6 Å². The van der Waals surface area contributed by atoms with Crippen molar-refractivity contribution in [3.63, 3.8) is 0 Å². The van der Waals surface area contributed by atoms with Gasteiger partial charge in [0.15, 0.2) is 0 Å². The normalized spacial score (nSPS) is 17.2. The van der Waals surface area contributed by atoms with E-state index in [0.717, 1.165) is 11.1 Å². The average molecular weight is 472 g/mol. The van der Waals surface area contributed by atoms with Crippen LogP contribution in [0.3, 0.4) is 0 Å². The molecule has 0 saturated carbocycles. The van der Waals surface area contributed by atoms with Crippen LogP contribution in [0.2, 0.25) is 0 Å². The zero-order valence-electron chi connectivity index (χ0n) is 20.5. The highest BCUT2D eigenvalue weighted by Gasteiger charge is 2.47. The molecular formula is C29H29NO5. The van der Waals surface area contributed by atoms with E-state index in [4.69, 9.17) is 9.47 Å². The molecule has 0 aromatic heterocycles. The Morgan fingerprint density at radius 2 is 1.63 bits per heavy atom. The molecule has 3 aromatic carbocycles. The van der Waals surface area contributed by atoms with E-state index in [9.17, 15) is 14.7 Å². The number of Topliss-reactive ketones (excluding diaryl/α,β-unsaturated/α-hetero) is 1. The zero-order chi connectivity index (χ0) is 25.3. The minimum Gasteiger partial charge on any atom is -0.507 e. The van der Waals surface area contributed by atoms with Crippen molar-refractivity contribution in [1.29, 1.82) is 0 Å². The molecule has 6 heteroatoms. The molecule has 0 aliphatic carbocycles. The van der Waals surface area contributed by atoms with E-state index in [2.05, 4.69) is 0 Å². The van der Waals surface area contributed by atoms with Crippen LogP contribution in [0.1, 0.15) is 48.1 Å². The lowest BCUT2D eigenvalue weighted by atomic mass is 9.93. The Hall–Kier alpha value is -4.06. The van der Waals surface area contributed by atoms with Gasteiger partial charge in [0.05, 0.1) is 25.8 Å². The number of benzene rings is 3. The summed E-state index contributed by atoms with van der Waals surface area (Å²) in [6.45, 7) is 5.93. The van der Waals surface area contributed by atoms with Crippen LogP contribution in [0.5, 0.6) is 11.5 Å². The quantitative estimate of drug-likeness (QED) is 0.281. The fourth-order valence-electron chi connectivity index (χ4n) is 4.50. The maximum absolute atomic E-state index is 13.4. The third-order valence-electron chi connectivity index (χ3n) is 6.38. The summed E-state index contributed by atoms with van der Waals surface area (Å²) in [5.74, 6) is -0.149. The number of methoxy groups -OCH3 is 2. The lowest BCUT2D eigenvalue weighted by Crippen LogP contribution is -2.30. The van der Waals surface area contributed by atoms with E-state index >= 15 is 0 Å². The second-order valence-corrected chi connectivity index (χ2v) is 8.84. The fraction of sp³-hybridized carbons (Fsp3) is 0.241. The Balaban J connectivity index is 1.95. The Bertz CT molecular complexity index is 1310. The van der Waals surface area contributed by atoms with Crippen LogP contribution < -0.4 is 14.4 Å². The zero-order valence-corrected chi connectivity index (χ0v) is 20.5. The molecule has 35 heavy (non-hydrogen) atoms.